The van der Waals surface area contributed by atoms with Crippen molar-refractivity contribution in [1.29, 1.82) is 0 Å². The highest BCUT2D eigenvalue weighted by Crippen LogP contribution is 2.60. The van der Waals surface area contributed by atoms with Crippen molar-refractivity contribution in [2.45, 2.75) is 64.0 Å². The monoisotopic (exact) mass is 359 g/mol. The van der Waals surface area contributed by atoms with Crippen LogP contribution in [0, 0.1) is 23.2 Å². The molecule has 0 aromatic carbocycles. The number of thiophene rings is 1. The molecule has 1 aromatic rings. The van der Waals surface area contributed by atoms with Gasteiger partial charge in [0.15, 0.2) is 0 Å². The first-order valence-electron chi connectivity index (χ1n) is 10.1. The molecule has 0 spiro atoms. The predicted molar refractivity (Wildman–Crippen MR) is 99.3 cm³/mol. The number of ether oxygens (including phenoxy) is 1. The van der Waals surface area contributed by atoms with E-state index < -0.39 is 0 Å². The summed E-state index contributed by atoms with van der Waals surface area (Å²) in [5, 5.41) is 2.13. The topological polar surface area (TPSA) is 29.5 Å². The number of hydrogen-bond acceptors (Lipinski definition) is 3. The molecule has 0 N–H and O–H groups in total. The predicted octanol–water partition coefficient (Wildman–Crippen LogP) is 4.47. The van der Waals surface area contributed by atoms with E-state index in [0.717, 1.165) is 50.4 Å². The maximum absolute atomic E-state index is 13.9. The molecule has 5 aliphatic rings. The van der Waals surface area contributed by atoms with Gasteiger partial charge in [0.25, 0.3) is 0 Å². The number of amides is 1. The van der Waals surface area contributed by atoms with Gasteiger partial charge in [-0.25, -0.2) is 0 Å². The fraction of sp³-hybridized carbons (Fsp3) is 0.762. The molecule has 1 aliphatic heterocycles. The molecule has 136 valence electrons. The van der Waals surface area contributed by atoms with E-state index in [9.17, 15) is 4.79 Å². The Bertz CT molecular complexity index is 585. The minimum Gasteiger partial charge on any atom is -0.381 e. The molecular formula is C21H29NO2S. The summed E-state index contributed by atoms with van der Waals surface area (Å²) in [5.41, 5.74) is -0.0235. The standard InChI is InChI=1S/C21H29NO2S/c23-20(21-11-15-8-16(12-21)10-17(9-15)13-21)22(14-19-2-1-7-25-19)18-3-5-24-6-4-18/h1-2,7,15-18H,3-6,8-14H2. The van der Waals surface area contributed by atoms with Gasteiger partial charge in [-0.3, -0.25) is 4.79 Å². The van der Waals surface area contributed by atoms with Gasteiger partial charge >= 0.3 is 0 Å². The third-order valence-electron chi connectivity index (χ3n) is 7.29. The largest absolute Gasteiger partial charge is 0.381 e. The van der Waals surface area contributed by atoms with Gasteiger partial charge in [0.2, 0.25) is 5.91 Å². The Labute approximate surface area is 154 Å². The fourth-order valence-electron chi connectivity index (χ4n) is 6.61. The number of carbonyl (C=O) groups is 1. The molecule has 0 atom stereocenters. The van der Waals surface area contributed by atoms with Crippen molar-refractivity contribution in [2.24, 2.45) is 23.2 Å². The second kappa shape index (κ2) is 6.38. The van der Waals surface area contributed by atoms with Crippen LogP contribution in [0.5, 0.6) is 0 Å². The lowest BCUT2D eigenvalue weighted by Crippen LogP contribution is -2.56. The minimum absolute atomic E-state index is 0.0235. The van der Waals surface area contributed by atoms with Crippen LogP contribution in [-0.2, 0) is 16.1 Å². The molecule has 1 amide bonds. The van der Waals surface area contributed by atoms with Crippen LogP contribution in [0.2, 0.25) is 0 Å². The second-order valence-corrected chi connectivity index (χ2v) is 10.1. The molecule has 4 bridgehead atoms. The summed E-state index contributed by atoms with van der Waals surface area (Å²) in [4.78, 5) is 17.5. The van der Waals surface area contributed by atoms with E-state index in [1.54, 1.807) is 11.3 Å². The number of rotatable bonds is 4. The van der Waals surface area contributed by atoms with E-state index in [1.807, 2.05) is 0 Å². The van der Waals surface area contributed by atoms with Gasteiger partial charge in [0, 0.05) is 24.1 Å². The van der Waals surface area contributed by atoms with Gasteiger partial charge in [-0.15, -0.1) is 11.3 Å². The molecule has 3 nitrogen and oxygen atoms in total. The lowest BCUT2D eigenvalue weighted by molar-refractivity contribution is -0.162. The van der Waals surface area contributed by atoms with Gasteiger partial charge in [-0.05, 0) is 80.6 Å². The molecule has 4 saturated carbocycles. The van der Waals surface area contributed by atoms with Crippen LogP contribution in [0.15, 0.2) is 17.5 Å². The third-order valence-corrected chi connectivity index (χ3v) is 8.15. The van der Waals surface area contributed by atoms with Crippen molar-refractivity contribution in [1.82, 2.24) is 4.90 Å². The number of nitrogens with zero attached hydrogens (tertiary/aromatic N) is 1. The van der Waals surface area contributed by atoms with E-state index in [2.05, 4.69) is 22.4 Å². The molecule has 25 heavy (non-hydrogen) atoms. The zero-order valence-electron chi connectivity index (χ0n) is 15.0. The summed E-state index contributed by atoms with van der Waals surface area (Å²) in [6, 6.07) is 4.66. The van der Waals surface area contributed by atoms with Crippen molar-refractivity contribution in [3.05, 3.63) is 22.4 Å². The Morgan fingerprint density at radius 2 is 1.76 bits per heavy atom. The van der Waals surface area contributed by atoms with E-state index in [4.69, 9.17) is 4.74 Å². The van der Waals surface area contributed by atoms with Crippen molar-refractivity contribution in [3.63, 3.8) is 0 Å². The summed E-state index contributed by atoms with van der Waals surface area (Å²) < 4.78 is 5.58. The Morgan fingerprint density at radius 3 is 2.32 bits per heavy atom. The first-order valence-corrected chi connectivity index (χ1v) is 11.0. The summed E-state index contributed by atoms with van der Waals surface area (Å²) in [5.74, 6) is 2.97. The molecule has 2 heterocycles. The van der Waals surface area contributed by atoms with Crippen molar-refractivity contribution >= 4 is 17.2 Å². The van der Waals surface area contributed by atoms with Gasteiger partial charge in [0.05, 0.1) is 12.0 Å². The van der Waals surface area contributed by atoms with Crippen LogP contribution in [-0.4, -0.2) is 30.1 Å². The summed E-state index contributed by atoms with van der Waals surface area (Å²) in [6.07, 6.45) is 9.71. The SMILES string of the molecule is O=C(N(Cc1cccs1)C1CCOCC1)C12CC3CC(CC(C3)C1)C2. The lowest BCUT2D eigenvalue weighted by atomic mass is 9.49. The molecule has 4 aliphatic carbocycles. The van der Waals surface area contributed by atoms with Crippen LogP contribution < -0.4 is 0 Å². The quantitative estimate of drug-likeness (QED) is 0.794. The molecule has 1 aromatic heterocycles. The maximum atomic E-state index is 13.9. The Hall–Kier alpha value is -0.870. The normalized spacial score (nSPS) is 37.4. The van der Waals surface area contributed by atoms with Crippen LogP contribution in [0.3, 0.4) is 0 Å². The van der Waals surface area contributed by atoms with Crippen LogP contribution in [0.4, 0.5) is 0 Å². The van der Waals surface area contributed by atoms with Crippen LogP contribution in [0.25, 0.3) is 0 Å². The maximum Gasteiger partial charge on any atom is 0.229 e. The van der Waals surface area contributed by atoms with Crippen LogP contribution in [0.1, 0.15) is 56.2 Å². The number of carbonyl (C=O) groups excluding carboxylic acids is 1. The molecule has 1 saturated heterocycles. The molecular weight excluding hydrogens is 330 g/mol. The fourth-order valence-corrected chi connectivity index (χ4v) is 7.31. The Kier molecular flexibility index (Phi) is 4.16. The first kappa shape index (κ1) is 16.3. The second-order valence-electron chi connectivity index (χ2n) is 9.05. The Morgan fingerprint density at radius 1 is 1.12 bits per heavy atom. The summed E-state index contributed by atoms with van der Waals surface area (Å²) in [6.45, 7) is 2.42. The average Bonchev–Trinajstić information content (AvgIpc) is 3.12. The van der Waals surface area contributed by atoms with Crippen molar-refractivity contribution < 1.29 is 9.53 Å². The lowest BCUT2D eigenvalue weighted by Gasteiger charge is -2.57. The highest BCUT2D eigenvalue weighted by atomic mass is 32.1. The smallest absolute Gasteiger partial charge is 0.229 e. The van der Waals surface area contributed by atoms with E-state index >= 15 is 0 Å². The van der Waals surface area contributed by atoms with Crippen LogP contribution >= 0.6 is 11.3 Å². The van der Waals surface area contributed by atoms with Gasteiger partial charge < -0.3 is 9.64 Å². The molecule has 0 radical (unpaired) electrons. The minimum atomic E-state index is -0.0235. The highest BCUT2D eigenvalue weighted by Gasteiger charge is 2.56. The molecule has 5 fully saturated rings. The van der Waals surface area contributed by atoms with Crippen molar-refractivity contribution in [2.75, 3.05) is 13.2 Å². The van der Waals surface area contributed by atoms with Crippen molar-refractivity contribution in [3.8, 4) is 0 Å². The summed E-state index contributed by atoms with van der Waals surface area (Å²) in [7, 11) is 0. The van der Waals surface area contributed by atoms with E-state index in [0.29, 0.717) is 11.9 Å². The average molecular weight is 360 g/mol. The highest BCUT2D eigenvalue weighted by molar-refractivity contribution is 7.09. The van der Waals surface area contributed by atoms with Gasteiger partial charge in [-0.1, -0.05) is 6.07 Å². The third kappa shape index (κ3) is 2.95. The molecule has 0 unspecified atom stereocenters. The van der Waals surface area contributed by atoms with E-state index in [-0.39, 0.29) is 5.41 Å². The molecule has 4 heteroatoms. The molecule has 6 rings (SSSR count). The zero-order chi connectivity index (χ0) is 16.9. The Balaban J connectivity index is 1.42. The van der Waals surface area contributed by atoms with E-state index in [1.165, 1.54) is 43.4 Å². The summed E-state index contributed by atoms with van der Waals surface area (Å²) >= 11 is 1.78. The zero-order valence-corrected chi connectivity index (χ0v) is 15.8. The van der Waals surface area contributed by atoms with Gasteiger partial charge in [0.1, 0.15) is 0 Å². The van der Waals surface area contributed by atoms with Gasteiger partial charge in [-0.2, -0.15) is 0 Å². The number of hydrogen-bond donors (Lipinski definition) is 0. The first-order chi connectivity index (χ1) is 12.2.